The molecule has 11 heteroatoms. The number of methoxy groups -OCH3 is 1. The first-order valence-electron chi connectivity index (χ1n) is 12.4. The highest BCUT2D eigenvalue weighted by Crippen LogP contribution is 2.50. The number of hydrogen-bond acceptors (Lipinski definition) is 5. The van der Waals surface area contributed by atoms with E-state index < -0.39 is 41.0 Å². The lowest BCUT2D eigenvalue weighted by atomic mass is 9.81. The smallest absolute Gasteiger partial charge is 0.416 e. The molecule has 0 aliphatic carbocycles. The van der Waals surface area contributed by atoms with Crippen LogP contribution in [0.2, 0.25) is 0 Å². The molecule has 1 heterocycles. The number of rotatable bonds is 4. The summed E-state index contributed by atoms with van der Waals surface area (Å²) < 4.78 is 99.3. The number of halogens is 6. The van der Waals surface area contributed by atoms with Crippen molar-refractivity contribution in [3.8, 4) is 11.5 Å². The highest BCUT2D eigenvalue weighted by molar-refractivity contribution is 6.09. The minimum Gasteiger partial charge on any atom is -0.472 e. The molecule has 0 fully saturated rings. The molecule has 5 rings (SSSR count). The largest absolute Gasteiger partial charge is 0.472 e. The van der Waals surface area contributed by atoms with E-state index in [1.54, 1.807) is 18.2 Å². The van der Waals surface area contributed by atoms with Gasteiger partial charge in [0, 0.05) is 34.4 Å². The SMILES string of the molecule is COC(=O)c1c2c(c3ccccc3c1OC(C)=O)OC(c1cccc(C(F)(F)F)c1)(c1cccc(C(F)(F)F)c1)C=C2. The summed E-state index contributed by atoms with van der Waals surface area (Å²) >= 11 is 0. The third-order valence-corrected chi connectivity index (χ3v) is 6.78. The summed E-state index contributed by atoms with van der Waals surface area (Å²) in [6, 6.07) is 14.4. The van der Waals surface area contributed by atoms with E-state index in [2.05, 4.69) is 0 Å². The Hall–Kier alpha value is -4.80. The molecule has 0 N–H and O–H groups in total. The molecule has 4 aromatic rings. The molecular weight excluding hydrogens is 566 g/mol. The number of carbonyl (C=O) groups is 2. The molecule has 0 saturated heterocycles. The Morgan fingerprint density at radius 3 is 1.83 bits per heavy atom. The quantitative estimate of drug-likeness (QED) is 0.138. The lowest BCUT2D eigenvalue weighted by molar-refractivity contribution is -0.138. The molecule has 0 atom stereocenters. The predicted molar refractivity (Wildman–Crippen MR) is 140 cm³/mol. The standard InChI is InChI=1S/C31H20F6O5/c1-17(38)41-27-23-12-4-3-11-22(23)26-24(25(27)28(39)40-2)13-14-29(42-26,18-7-5-9-20(15-18)30(32,33)34)19-8-6-10-21(16-19)31(35,36)37/h3-16H,1-2H3. The molecule has 0 unspecified atom stereocenters. The summed E-state index contributed by atoms with van der Waals surface area (Å²) in [6.45, 7) is 1.13. The molecule has 0 radical (unpaired) electrons. The van der Waals surface area contributed by atoms with Crippen molar-refractivity contribution in [2.24, 2.45) is 0 Å². The van der Waals surface area contributed by atoms with Crippen LogP contribution >= 0.6 is 0 Å². The fourth-order valence-corrected chi connectivity index (χ4v) is 4.94. The summed E-state index contributed by atoms with van der Waals surface area (Å²) in [5, 5.41) is 0.508. The van der Waals surface area contributed by atoms with Gasteiger partial charge in [-0.15, -0.1) is 0 Å². The van der Waals surface area contributed by atoms with E-state index in [-0.39, 0.29) is 44.5 Å². The van der Waals surface area contributed by atoms with Crippen LogP contribution in [-0.4, -0.2) is 19.0 Å². The summed E-state index contributed by atoms with van der Waals surface area (Å²) in [5.41, 5.74) is -4.48. The van der Waals surface area contributed by atoms with E-state index in [0.29, 0.717) is 0 Å². The Morgan fingerprint density at radius 2 is 1.33 bits per heavy atom. The maximum Gasteiger partial charge on any atom is 0.416 e. The van der Waals surface area contributed by atoms with Crippen molar-refractivity contribution < 1.29 is 50.1 Å². The zero-order valence-electron chi connectivity index (χ0n) is 21.9. The van der Waals surface area contributed by atoms with Crippen molar-refractivity contribution in [2.45, 2.75) is 24.9 Å². The Labute approximate surface area is 234 Å². The van der Waals surface area contributed by atoms with Crippen molar-refractivity contribution in [2.75, 3.05) is 7.11 Å². The topological polar surface area (TPSA) is 61.8 Å². The van der Waals surface area contributed by atoms with Gasteiger partial charge in [-0.25, -0.2) is 4.79 Å². The number of esters is 2. The van der Waals surface area contributed by atoms with E-state index in [1.807, 2.05) is 0 Å². The molecule has 0 spiro atoms. The van der Waals surface area contributed by atoms with Crippen molar-refractivity contribution >= 4 is 28.8 Å². The maximum absolute atomic E-state index is 13.8. The van der Waals surface area contributed by atoms with Gasteiger partial charge in [-0.2, -0.15) is 26.3 Å². The van der Waals surface area contributed by atoms with Gasteiger partial charge in [0.25, 0.3) is 0 Å². The first-order valence-corrected chi connectivity index (χ1v) is 12.4. The maximum atomic E-state index is 13.8. The number of alkyl halides is 6. The molecule has 42 heavy (non-hydrogen) atoms. The first kappa shape index (κ1) is 28.7. The minimum atomic E-state index is -4.76. The van der Waals surface area contributed by atoms with Gasteiger partial charge in [-0.3, -0.25) is 4.79 Å². The van der Waals surface area contributed by atoms with Crippen molar-refractivity contribution in [1.29, 1.82) is 0 Å². The summed E-state index contributed by atoms with van der Waals surface area (Å²) in [4.78, 5) is 25.0. The summed E-state index contributed by atoms with van der Waals surface area (Å²) in [7, 11) is 1.10. The van der Waals surface area contributed by atoms with Crippen LogP contribution in [0, 0.1) is 0 Å². The van der Waals surface area contributed by atoms with Crippen LogP contribution in [0.3, 0.4) is 0 Å². The van der Waals surface area contributed by atoms with Crippen molar-refractivity contribution in [1.82, 2.24) is 0 Å². The van der Waals surface area contributed by atoms with Crippen LogP contribution in [0.25, 0.3) is 16.8 Å². The van der Waals surface area contributed by atoms with Crippen LogP contribution in [0.5, 0.6) is 11.5 Å². The Balaban J connectivity index is 1.87. The first-order chi connectivity index (χ1) is 19.8. The highest BCUT2D eigenvalue weighted by Gasteiger charge is 2.43. The Morgan fingerprint density at radius 1 is 0.786 bits per heavy atom. The number of benzene rings is 4. The van der Waals surface area contributed by atoms with E-state index in [0.717, 1.165) is 50.4 Å². The van der Waals surface area contributed by atoms with Crippen LogP contribution in [0.1, 0.15) is 45.1 Å². The molecule has 4 aromatic carbocycles. The van der Waals surface area contributed by atoms with E-state index >= 15 is 0 Å². The second-order valence-electron chi connectivity index (χ2n) is 9.41. The van der Waals surface area contributed by atoms with Gasteiger partial charge >= 0.3 is 24.3 Å². The zero-order valence-corrected chi connectivity index (χ0v) is 21.9. The number of carbonyl (C=O) groups excluding carboxylic acids is 2. The minimum absolute atomic E-state index is 0.0424. The molecule has 1 aliphatic heterocycles. The second-order valence-corrected chi connectivity index (χ2v) is 9.41. The van der Waals surface area contributed by atoms with E-state index in [4.69, 9.17) is 14.2 Å². The van der Waals surface area contributed by atoms with Crippen LogP contribution in [0.4, 0.5) is 26.3 Å². The molecule has 0 bridgehead atoms. The van der Waals surface area contributed by atoms with Crippen LogP contribution in [0.15, 0.2) is 78.9 Å². The average molecular weight is 586 g/mol. The highest BCUT2D eigenvalue weighted by atomic mass is 19.4. The third kappa shape index (κ3) is 4.95. The molecule has 0 saturated carbocycles. The third-order valence-electron chi connectivity index (χ3n) is 6.78. The molecule has 1 aliphatic rings. The number of fused-ring (bicyclic) bond motifs is 3. The lowest BCUT2D eigenvalue weighted by Crippen LogP contribution is -2.35. The Bertz CT molecular complexity index is 1700. The van der Waals surface area contributed by atoms with Gasteiger partial charge < -0.3 is 14.2 Å². The fourth-order valence-electron chi connectivity index (χ4n) is 4.94. The van der Waals surface area contributed by atoms with E-state index in [9.17, 15) is 35.9 Å². The second kappa shape index (κ2) is 10.2. The fraction of sp³-hybridized carbons (Fsp3) is 0.161. The molecular formula is C31H20F6O5. The normalized spacial score (nSPS) is 14.2. The number of ether oxygens (including phenoxy) is 3. The Kier molecular flexibility index (Phi) is 7.00. The average Bonchev–Trinajstić information content (AvgIpc) is 2.96. The van der Waals surface area contributed by atoms with Gasteiger partial charge in [0.1, 0.15) is 11.3 Å². The van der Waals surface area contributed by atoms with Gasteiger partial charge in [-0.05, 0) is 36.4 Å². The predicted octanol–water partition coefficient (Wildman–Crippen LogP) is 7.94. The summed E-state index contributed by atoms with van der Waals surface area (Å²) in [6.07, 6.45) is -6.92. The van der Waals surface area contributed by atoms with Crippen LogP contribution in [-0.2, 0) is 27.5 Å². The van der Waals surface area contributed by atoms with Crippen LogP contribution < -0.4 is 9.47 Å². The lowest BCUT2D eigenvalue weighted by Gasteiger charge is -2.37. The monoisotopic (exact) mass is 586 g/mol. The molecule has 0 aromatic heterocycles. The van der Waals surface area contributed by atoms with Gasteiger partial charge in [0.15, 0.2) is 11.4 Å². The van der Waals surface area contributed by atoms with E-state index in [1.165, 1.54) is 30.4 Å². The zero-order chi connectivity index (χ0) is 30.4. The van der Waals surface area contributed by atoms with Crippen molar-refractivity contribution in [3.05, 3.63) is 112 Å². The number of hydrogen-bond donors (Lipinski definition) is 0. The van der Waals surface area contributed by atoms with Gasteiger partial charge in [0.05, 0.1) is 18.2 Å². The van der Waals surface area contributed by atoms with Crippen molar-refractivity contribution in [3.63, 3.8) is 0 Å². The summed E-state index contributed by atoms with van der Waals surface area (Å²) in [5.74, 6) is -1.83. The van der Waals surface area contributed by atoms with Gasteiger partial charge in [-0.1, -0.05) is 48.5 Å². The van der Waals surface area contributed by atoms with Gasteiger partial charge in [0.2, 0.25) is 0 Å². The molecule has 0 amide bonds. The molecule has 5 nitrogen and oxygen atoms in total. The molecule has 216 valence electrons.